The Balaban J connectivity index is 2.70. The maximum Gasteiger partial charge on any atom is 0.303 e. The SMILES string of the molecule is NC(CCC(=O)O)C(O)c1ccc(F)c(F)c1. The molecule has 2 atom stereocenters. The fraction of sp³-hybridized carbons (Fsp3) is 0.364. The zero-order valence-corrected chi connectivity index (χ0v) is 8.94. The Labute approximate surface area is 96.7 Å². The Kier molecular flexibility index (Phi) is 4.53. The molecule has 0 fully saturated rings. The minimum Gasteiger partial charge on any atom is -0.481 e. The predicted octanol–water partition coefficient (Wildman–Crippen LogP) is 1.19. The van der Waals surface area contributed by atoms with Crippen LogP contribution >= 0.6 is 0 Å². The number of hydrogen-bond donors (Lipinski definition) is 3. The molecule has 17 heavy (non-hydrogen) atoms. The van der Waals surface area contributed by atoms with Crippen molar-refractivity contribution in [1.82, 2.24) is 0 Å². The zero-order valence-electron chi connectivity index (χ0n) is 8.94. The maximum atomic E-state index is 12.9. The summed E-state index contributed by atoms with van der Waals surface area (Å²) in [5.74, 6) is -3.12. The van der Waals surface area contributed by atoms with Gasteiger partial charge < -0.3 is 15.9 Å². The fourth-order valence-electron chi connectivity index (χ4n) is 1.39. The van der Waals surface area contributed by atoms with Gasteiger partial charge in [0.05, 0.1) is 6.10 Å². The number of halogens is 2. The van der Waals surface area contributed by atoms with Gasteiger partial charge in [-0.15, -0.1) is 0 Å². The first-order valence-electron chi connectivity index (χ1n) is 5.02. The third-order valence-corrected chi connectivity index (χ3v) is 2.38. The summed E-state index contributed by atoms with van der Waals surface area (Å²) in [6, 6.07) is 2.11. The lowest BCUT2D eigenvalue weighted by Gasteiger charge is -2.18. The molecule has 0 heterocycles. The van der Waals surface area contributed by atoms with E-state index < -0.39 is 29.7 Å². The number of aliphatic hydroxyl groups excluding tert-OH is 1. The second-order valence-electron chi connectivity index (χ2n) is 3.71. The monoisotopic (exact) mass is 245 g/mol. The molecule has 0 saturated heterocycles. The van der Waals surface area contributed by atoms with Crippen LogP contribution in [-0.2, 0) is 4.79 Å². The van der Waals surface area contributed by atoms with Crippen LogP contribution in [-0.4, -0.2) is 22.2 Å². The van der Waals surface area contributed by atoms with E-state index in [0.29, 0.717) is 0 Å². The lowest BCUT2D eigenvalue weighted by atomic mass is 9.99. The molecule has 0 aliphatic heterocycles. The van der Waals surface area contributed by atoms with E-state index in [9.17, 15) is 18.7 Å². The van der Waals surface area contributed by atoms with Gasteiger partial charge in [-0.3, -0.25) is 4.79 Å². The standard InChI is InChI=1S/C11H13F2NO3/c12-7-2-1-6(5-8(7)13)11(17)9(14)3-4-10(15)16/h1-2,5,9,11,17H,3-4,14H2,(H,15,16). The zero-order chi connectivity index (χ0) is 13.0. The summed E-state index contributed by atoms with van der Waals surface area (Å²) in [6.45, 7) is 0. The number of carboxylic acid groups (broad SMARTS) is 1. The van der Waals surface area contributed by atoms with Gasteiger partial charge in [-0.05, 0) is 24.1 Å². The van der Waals surface area contributed by atoms with Crippen LogP contribution in [0.15, 0.2) is 18.2 Å². The molecule has 94 valence electrons. The Bertz CT molecular complexity index is 412. The summed E-state index contributed by atoms with van der Waals surface area (Å²) in [5.41, 5.74) is 5.68. The minimum atomic E-state index is -1.22. The van der Waals surface area contributed by atoms with Gasteiger partial charge in [0.1, 0.15) is 0 Å². The van der Waals surface area contributed by atoms with Gasteiger partial charge in [0.2, 0.25) is 0 Å². The van der Waals surface area contributed by atoms with E-state index in [1.165, 1.54) is 6.07 Å². The Morgan fingerprint density at radius 1 is 1.35 bits per heavy atom. The quantitative estimate of drug-likeness (QED) is 0.727. The Hall–Kier alpha value is -1.53. The first kappa shape index (κ1) is 13.5. The number of carboxylic acids is 1. The third-order valence-electron chi connectivity index (χ3n) is 2.38. The van der Waals surface area contributed by atoms with E-state index in [-0.39, 0.29) is 18.4 Å². The van der Waals surface area contributed by atoms with Crippen molar-refractivity contribution < 1.29 is 23.8 Å². The van der Waals surface area contributed by atoms with E-state index in [1.54, 1.807) is 0 Å². The molecular weight excluding hydrogens is 232 g/mol. The number of aliphatic hydroxyl groups is 1. The van der Waals surface area contributed by atoms with Crippen LogP contribution in [0.4, 0.5) is 8.78 Å². The third kappa shape index (κ3) is 3.76. The van der Waals surface area contributed by atoms with Crippen LogP contribution < -0.4 is 5.73 Å². The molecule has 0 amide bonds. The molecule has 4 nitrogen and oxygen atoms in total. The highest BCUT2D eigenvalue weighted by molar-refractivity contribution is 5.66. The minimum absolute atomic E-state index is 0.0511. The van der Waals surface area contributed by atoms with E-state index in [2.05, 4.69) is 0 Å². The van der Waals surface area contributed by atoms with Crippen molar-refractivity contribution in [2.45, 2.75) is 25.0 Å². The second-order valence-corrected chi connectivity index (χ2v) is 3.71. The van der Waals surface area contributed by atoms with Crippen LogP contribution in [0, 0.1) is 11.6 Å². The topological polar surface area (TPSA) is 83.6 Å². The molecule has 0 aliphatic carbocycles. The fourth-order valence-corrected chi connectivity index (χ4v) is 1.39. The predicted molar refractivity (Wildman–Crippen MR) is 56.2 cm³/mol. The highest BCUT2D eigenvalue weighted by Crippen LogP contribution is 2.20. The van der Waals surface area contributed by atoms with Crippen LogP contribution in [0.25, 0.3) is 0 Å². The van der Waals surface area contributed by atoms with Gasteiger partial charge in [0.15, 0.2) is 11.6 Å². The normalized spacial score (nSPS) is 14.4. The first-order valence-corrected chi connectivity index (χ1v) is 5.02. The molecule has 1 rings (SSSR count). The molecule has 6 heteroatoms. The lowest BCUT2D eigenvalue weighted by Crippen LogP contribution is -2.29. The van der Waals surface area contributed by atoms with E-state index in [0.717, 1.165) is 12.1 Å². The number of nitrogens with two attached hydrogens (primary N) is 1. The highest BCUT2D eigenvalue weighted by Gasteiger charge is 2.19. The van der Waals surface area contributed by atoms with Crippen molar-refractivity contribution in [3.63, 3.8) is 0 Å². The van der Waals surface area contributed by atoms with Crippen molar-refractivity contribution in [1.29, 1.82) is 0 Å². The van der Waals surface area contributed by atoms with Gasteiger partial charge in [-0.2, -0.15) is 0 Å². The molecular formula is C11H13F2NO3. The maximum absolute atomic E-state index is 12.9. The molecule has 0 saturated carbocycles. The van der Waals surface area contributed by atoms with Crippen molar-refractivity contribution in [3.05, 3.63) is 35.4 Å². The average Bonchev–Trinajstić information content (AvgIpc) is 2.28. The van der Waals surface area contributed by atoms with E-state index in [4.69, 9.17) is 10.8 Å². The van der Waals surface area contributed by atoms with Gasteiger partial charge >= 0.3 is 5.97 Å². The lowest BCUT2D eigenvalue weighted by molar-refractivity contribution is -0.137. The largest absolute Gasteiger partial charge is 0.481 e. The van der Waals surface area contributed by atoms with E-state index in [1.807, 2.05) is 0 Å². The number of benzene rings is 1. The summed E-state index contributed by atoms with van der Waals surface area (Å²) >= 11 is 0. The number of hydrogen-bond acceptors (Lipinski definition) is 3. The molecule has 0 aliphatic rings. The molecule has 1 aromatic rings. The van der Waals surface area contributed by atoms with Gasteiger partial charge in [-0.1, -0.05) is 6.07 Å². The van der Waals surface area contributed by atoms with Crippen LogP contribution in [0.5, 0.6) is 0 Å². The molecule has 1 aromatic carbocycles. The van der Waals surface area contributed by atoms with E-state index >= 15 is 0 Å². The average molecular weight is 245 g/mol. The smallest absolute Gasteiger partial charge is 0.303 e. The van der Waals surface area contributed by atoms with Gasteiger partial charge in [0, 0.05) is 12.5 Å². The molecule has 4 N–H and O–H groups in total. The van der Waals surface area contributed by atoms with Crippen LogP contribution in [0.3, 0.4) is 0 Å². The molecule has 0 aromatic heterocycles. The van der Waals surface area contributed by atoms with Crippen molar-refractivity contribution in [3.8, 4) is 0 Å². The first-order chi connectivity index (χ1) is 7.91. The second kappa shape index (κ2) is 5.70. The molecule has 0 bridgehead atoms. The number of rotatable bonds is 5. The highest BCUT2D eigenvalue weighted by atomic mass is 19.2. The van der Waals surface area contributed by atoms with Crippen molar-refractivity contribution in [2.75, 3.05) is 0 Å². The van der Waals surface area contributed by atoms with Crippen LogP contribution in [0.2, 0.25) is 0 Å². The Morgan fingerprint density at radius 2 is 2.00 bits per heavy atom. The molecule has 2 unspecified atom stereocenters. The summed E-state index contributed by atoms with van der Waals surface area (Å²) in [6.07, 6.45) is -1.36. The summed E-state index contributed by atoms with van der Waals surface area (Å²) < 4.78 is 25.5. The van der Waals surface area contributed by atoms with Crippen molar-refractivity contribution >= 4 is 5.97 Å². The molecule has 0 radical (unpaired) electrons. The summed E-state index contributed by atoms with van der Waals surface area (Å²) in [4.78, 5) is 10.3. The van der Waals surface area contributed by atoms with Gasteiger partial charge in [0.25, 0.3) is 0 Å². The van der Waals surface area contributed by atoms with Crippen molar-refractivity contribution in [2.24, 2.45) is 5.73 Å². The summed E-state index contributed by atoms with van der Waals surface area (Å²) in [7, 11) is 0. The Morgan fingerprint density at radius 3 is 2.53 bits per heavy atom. The van der Waals surface area contributed by atoms with Gasteiger partial charge in [-0.25, -0.2) is 8.78 Å². The summed E-state index contributed by atoms with van der Waals surface area (Å²) in [5, 5.41) is 18.2. The number of carbonyl (C=O) groups is 1. The molecule has 0 spiro atoms. The number of aliphatic carboxylic acids is 1. The van der Waals surface area contributed by atoms with Crippen LogP contribution in [0.1, 0.15) is 24.5 Å².